The van der Waals surface area contributed by atoms with Crippen LogP contribution >= 0.6 is 0 Å². The molecular formula is C22H23NO4S. The van der Waals surface area contributed by atoms with Crippen molar-refractivity contribution in [3.63, 3.8) is 0 Å². The molecule has 0 amide bonds. The number of nitrogens with zero attached hydrogens (tertiary/aromatic N) is 1. The Morgan fingerprint density at radius 1 is 0.750 bits per heavy atom. The normalized spacial score (nSPS) is 11.4. The summed E-state index contributed by atoms with van der Waals surface area (Å²) in [6.45, 7) is 0.727. The molecule has 0 spiro atoms. The van der Waals surface area contributed by atoms with Crippen LogP contribution < -0.4 is 9.47 Å². The minimum atomic E-state index is -3.43. The first-order chi connectivity index (χ1) is 13.5. The van der Waals surface area contributed by atoms with Crippen molar-refractivity contribution in [2.45, 2.75) is 4.90 Å². The Hall–Kier alpha value is -2.83. The lowest BCUT2D eigenvalue weighted by Crippen LogP contribution is -2.22. The second kappa shape index (κ2) is 8.91. The van der Waals surface area contributed by atoms with Gasteiger partial charge in [0, 0.05) is 19.7 Å². The van der Waals surface area contributed by atoms with Gasteiger partial charge in [0.25, 0.3) is 0 Å². The van der Waals surface area contributed by atoms with E-state index in [2.05, 4.69) is 0 Å². The highest BCUT2D eigenvalue weighted by Crippen LogP contribution is 2.29. The molecule has 0 bridgehead atoms. The molecule has 3 aromatic carbocycles. The molecule has 3 aromatic rings. The smallest absolute Gasteiger partial charge is 0.242 e. The van der Waals surface area contributed by atoms with E-state index < -0.39 is 10.0 Å². The van der Waals surface area contributed by atoms with Crippen molar-refractivity contribution in [3.05, 3.63) is 78.9 Å². The molecule has 0 fully saturated rings. The van der Waals surface area contributed by atoms with Gasteiger partial charge in [-0.05, 0) is 35.9 Å². The van der Waals surface area contributed by atoms with E-state index in [1.807, 2.05) is 54.6 Å². The van der Waals surface area contributed by atoms with Gasteiger partial charge < -0.3 is 9.47 Å². The summed E-state index contributed by atoms with van der Waals surface area (Å²) in [5.74, 6) is 1.39. The molecule has 0 aliphatic rings. The molecule has 0 aliphatic carbocycles. The number of para-hydroxylation sites is 1. The zero-order chi connectivity index (χ0) is 20.0. The number of hydrogen-bond donors (Lipinski definition) is 0. The molecular weight excluding hydrogens is 374 g/mol. The largest absolute Gasteiger partial charge is 0.490 e. The first-order valence-corrected chi connectivity index (χ1v) is 10.3. The summed E-state index contributed by atoms with van der Waals surface area (Å²) in [6.07, 6.45) is 0. The molecule has 0 atom stereocenters. The summed E-state index contributed by atoms with van der Waals surface area (Å²) in [6, 6.07) is 24.3. The summed E-state index contributed by atoms with van der Waals surface area (Å²) >= 11 is 0. The summed E-state index contributed by atoms with van der Waals surface area (Å²) in [4.78, 5) is 0.234. The topological polar surface area (TPSA) is 55.8 Å². The van der Waals surface area contributed by atoms with Gasteiger partial charge in [0.15, 0.2) is 0 Å². The number of sulfonamides is 1. The van der Waals surface area contributed by atoms with Gasteiger partial charge in [-0.25, -0.2) is 12.7 Å². The second-order valence-electron chi connectivity index (χ2n) is 6.32. The van der Waals surface area contributed by atoms with Crippen LogP contribution in [0.15, 0.2) is 83.8 Å². The Balaban J connectivity index is 1.57. The highest BCUT2D eigenvalue weighted by Gasteiger charge is 2.16. The molecule has 0 aliphatic heterocycles. The van der Waals surface area contributed by atoms with Gasteiger partial charge in [-0.2, -0.15) is 0 Å². The van der Waals surface area contributed by atoms with Crippen molar-refractivity contribution in [3.8, 4) is 22.6 Å². The fourth-order valence-electron chi connectivity index (χ4n) is 2.68. The van der Waals surface area contributed by atoms with E-state index in [0.29, 0.717) is 19.0 Å². The number of ether oxygens (including phenoxy) is 2. The number of rotatable bonds is 8. The molecule has 3 rings (SSSR count). The molecule has 0 saturated carbocycles. The van der Waals surface area contributed by atoms with Crippen LogP contribution in [0.1, 0.15) is 0 Å². The summed E-state index contributed by atoms with van der Waals surface area (Å²) in [5, 5.41) is 0. The predicted molar refractivity (Wildman–Crippen MR) is 110 cm³/mol. The molecule has 0 aromatic heterocycles. The average Bonchev–Trinajstić information content (AvgIpc) is 2.72. The predicted octanol–water partition coefficient (Wildman–Crippen LogP) is 4.06. The standard InChI is InChI=1S/C22H23NO4S/c1-23(2)28(24,25)20-14-12-19(13-15-20)26-16-17-27-22-11-7-6-10-21(22)18-8-4-3-5-9-18/h3-15H,16-17H2,1-2H3. The van der Waals surface area contributed by atoms with Crippen molar-refractivity contribution in [2.24, 2.45) is 0 Å². The SMILES string of the molecule is CN(C)S(=O)(=O)c1ccc(OCCOc2ccccc2-c2ccccc2)cc1. The molecule has 0 radical (unpaired) electrons. The van der Waals surface area contributed by atoms with E-state index in [1.54, 1.807) is 12.1 Å². The Bertz CT molecular complexity index is 1000. The lowest BCUT2D eigenvalue weighted by Gasteiger charge is -2.13. The molecule has 6 heteroatoms. The van der Waals surface area contributed by atoms with Crippen LogP contribution in [0.5, 0.6) is 11.5 Å². The minimum Gasteiger partial charge on any atom is -0.490 e. The second-order valence-corrected chi connectivity index (χ2v) is 8.47. The third-order valence-electron chi connectivity index (χ3n) is 4.18. The van der Waals surface area contributed by atoms with Gasteiger partial charge in [0.1, 0.15) is 24.7 Å². The van der Waals surface area contributed by atoms with Crippen LogP contribution in [-0.2, 0) is 10.0 Å². The molecule has 5 nitrogen and oxygen atoms in total. The Labute approximate surface area is 166 Å². The van der Waals surface area contributed by atoms with Crippen LogP contribution in [0.4, 0.5) is 0 Å². The quantitative estimate of drug-likeness (QED) is 0.538. The molecule has 0 N–H and O–H groups in total. The highest BCUT2D eigenvalue weighted by molar-refractivity contribution is 7.89. The summed E-state index contributed by atoms with van der Waals surface area (Å²) < 4.78 is 36.9. The third-order valence-corrected chi connectivity index (χ3v) is 6.01. The Morgan fingerprint density at radius 2 is 1.36 bits per heavy atom. The zero-order valence-corrected chi connectivity index (χ0v) is 16.7. The van der Waals surface area contributed by atoms with Gasteiger partial charge in [-0.1, -0.05) is 48.5 Å². The van der Waals surface area contributed by atoms with E-state index >= 15 is 0 Å². The first-order valence-electron chi connectivity index (χ1n) is 8.91. The van der Waals surface area contributed by atoms with Crippen LogP contribution in [0.3, 0.4) is 0 Å². The highest BCUT2D eigenvalue weighted by atomic mass is 32.2. The van der Waals surface area contributed by atoms with Gasteiger partial charge >= 0.3 is 0 Å². The van der Waals surface area contributed by atoms with Crippen molar-refractivity contribution in [1.82, 2.24) is 4.31 Å². The zero-order valence-electron chi connectivity index (χ0n) is 15.9. The number of hydrogen-bond acceptors (Lipinski definition) is 4. The molecule has 28 heavy (non-hydrogen) atoms. The minimum absolute atomic E-state index is 0.234. The van der Waals surface area contributed by atoms with Gasteiger partial charge in [-0.3, -0.25) is 0 Å². The fraction of sp³-hybridized carbons (Fsp3) is 0.182. The first kappa shape index (κ1) is 19.9. The maximum Gasteiger partial charge on any atom is 0.242 e. The van der Waals surface area contributed by atoms with Crippen LogP contribution in [0.2, 0.25) is 0 Å². The Kier molecular flexibility index (Phi) is 6.34. The molecule has 0 unspecified atom stereocenters. The molecule has 0 heterocycles. The maximum atomic E-state index is 12.1. The van der Waals surface area contributed by atoms with E-state index in [9.17, 15) is 8.42 Å². The average molecular weight is 397 g/mol. The molecule has 0 saturated heterocycles. The van der Waals surface area contributed by atoms with E-state index in [0.717, 1.165) is 16.9 Å². The van der Waals surface area contributed by atoms with Gasteiger partial charge in [0.05, 0.1) is 4.90 Å². The van der Waals surface area contributed by atoms with Gasteiger partial charge in [0.2, 0.25) is 10.0 Å². The molecule has 146 valence electrons. The van der Waals surface area contributed by atoms with Gasteiger partial charge in [-0.15, -0.1) is 0 Å². The summed E-state index contributed by atoms with van der Waals surface area (Å²) in [5.41, 5.74) is 2.12. The fourth-order valence-corrected chi connectivity index (χ4v) is 3.58. The lowest BCUT2D eigenvalue weighted by atomic mass is 10.1. The Morgan fingerprint density at radius 3 is 2.04 bits per heavy atom. The van der Waals surface area contributed by atoms with Crippen molar-refractivity contribution < 1.29 is 17.9 Å². The maximum absolute atomic E-state index is 12.1. The number of benzene rings is 3. The van der Waals surface area contributed by atoms with E-state index in [-0.39, 0.29) is 4.90 Å². The van der Waals surface area contributed by atoms with Crippen molar-refractivity contribution in [1.29, 1.82) is 0 Å². The van der Waals surface area contributed by atoms with E-state index in [4.69, 9.17) is 9.47 Å². The monoisotopic (exact) mass is 397 g/mol. The van der Waals surface area contributed by atoms with Crippen LogP contribution in [0.25, 0.3) is 11.1 Å². The van der Waals surface area contributed by atoms with E-state index in [1.165, 1.54) is 30.5 Å². The lowest BCUT2D eigenvalue weighted by molar-refractivity contribution is 0.217. The van der Waals surface area contributed by atoms with Crippen LogP contribution in [-0.4, -0.2) is 40.0 Å². The van der Waals surface area contributed by atoms with Crippen molar-refractivity contribution >= 4 is 10.0 Å². The van der Waals surface area contributed by atoms with Crippen molar-refractivity contribution in [2.75, 3.05) is 27.3 Å². The third kappa shape index (κ3) is 4.71. The van der Waals surface area contributed by atoms with Crippen LogP contribution in [0, 0.1) is 0 Å². The summed E-state index contributed by atoms with van der Waals surface area (Å²) in [7, 11) is -0.424.